The Morgan fingerprint density at radius 2 is 1.87 bits per heavy atom. The lowest BCUT2D eigenvalue weighted by Gasteiger charge is -2.36. The van der Waals surface area contributed by atoms with E-state index in [2.05, 4.69) is 5.32 Å². The standard InChI is InChI=1S/C24H40N2O5/c1-8-10-15-11-12-16-19(18(15)23(30)31-9-2)22(29)26(17(13-27)14(3)4)20(16)21(28)25-24(5,6)7/h11-12,14-20,27H,8-10,13H2,1-7H3,(H,25,28)/t15-,16+,17+,18-,19+,20+/m1/s1. The first-order chi connectivity index (χ1) is 14.5. The SMILES string of the molecule is CCC[C@@H]1C=C[C@H]2[C@H](C(=O)N([C@@H](CO)C(C)C)[C@@H]2C(=O)NC(C)(C)C)[C@@H]1C(=O)OCC. The molecular weight excluding hydrogens is 396 g/mol. The predicted octanol–water partition coefficient (Wildman–Crippen LogP) is 2.53. The fourth-order valence-corrected chi connectivity index (χ4v) is 5.03. The quantitative estimate of drug-likeness (QED) is 0.450. The number of ether oxygens (including phenoxy) is 1. The van der Waals surface area contributed by atoms with E-state index in [0.29, 0.717) is 0 Å². The fraction of sp³-hybridized carbons (Fsp3) is 0.792. The molecule has 1 aliphatic carbocycles. The summed E-state index contributed by atoms with van der Waals surface area (Å²) in [5.41, 5.74) is -0.472. The first kappa shape index (κ1) is 25.4. The average molecular weight is 437 g/mol. The fourth-order valence-electron chi connectivity index (χ4n) is 5.03. The van der Waals surface area contributed by atoms with Crippen LogP contribution in [0.25, 0.3) is 0 Å². The highest BCUT2D eigenvalue weighted by molar-refractivity contribution is 5.96. The molecule has 0 unspecified atom stereocenters. The van der Waals surface area contributed by atoms with E-state index in [4.69, 9.17) is 4.74 Å². The number of rotatable bonds is 8. The second-order valence-electron chi connectivity index (χ2n) is 10.1. The minimum absolute atomic E-state index is 0.0458. The number of carbonyl (C=O) groups is 3. The van der Waals surface area contributed by atoms with Crippen LogP contribution in [0.5, 0.6) is 0 Å². The molecule has 2 N–H and O–H groups in total. The second kappa shape index (κ2) is 10.2. The van der Waals surface area contributed by atoms with Gasteiger partial charge in [-0.3, -0.25) is 14.4 Å². The van der Waals surface area contributed by atoms with Gasteiger partial charge in [0.2, 0.25) is 11.8 Å². The molecule has 7 heteroatoms. The van der Waals surface area contributed by atoms with Crippen LogP contribution >= 0.6 is 0 Å². The Labute approximate surface area is 186 Å². The summed E-state index contributed by atoms with van der Waals surface area (Å²) < 4.78 is 5.37. The topological polar surface area (TPSA) is 95.9 Å². The maximum absolute atomic E-state index is 13.8. The Balaban J connectivity index is 2.57. The number of esters is 1. The van der Waals surface area contributed by atoms with Crippen LogP contribution in [0.3, 0.4) is 0 Å². The number of aliphatic hydroxyl groups excluding tert-OH is 1. The zero-order chi connectivity index (χ0) is 23.5. The predicted molar refractivity (Wildman–Crippen MR) is 119 cm³/mol. The van der Waals surface area contributed by atoms with Crippen molar-refractivity contribution in [3.05, 3.63) is 12.2 Å². The Bertz CT molecular complexity index is 697. The number of hydrogen-bond donors (Lipinski definition) is 2. The van der Waals surface area contributed by atoms with Gasteiger partial charge in [-0.15, -0.1) is 0 Å². The molecule has 6 atom stereocenters. The maximum Gasteiger partial charge on any atom is 0.310 e. The van der Waals surface area contributed by atoms with Crippen LogP contribution < -0.4 is 5.32 Å². The molecule has 2 aliphatic rings. The van der Waals surface area contributed by atoms with E-state index in [1.807, 2.05) is 53.7 Å². The smallest absolute Gasteiger partial charge is 0.310 e. The van der Waals surface area contributed by atoms with E-state index in [0.717, 1.165) is 12.8 Å². The van der Waals surface area contributed by atoms with Crippen LogP contribution in [-0.2, 0) is 19.1 Å². The molecule has 0 aromatic heterocycles. The summed E-state index contributed by atoms with van der Waals surface area (Å²) in [4.78, 5) is 41.7. The third-order valence-corrected chi connectivity index (χ3v) is 6.31. The minimum Gasteiger partial charge on any atom is -0.466 e. The van der Waals surface area contributed by atoms with E-state index in [9.17, 15) is 19.5 Å². The van der Waals surface area contributed by atoms with Crippen LogP contribution in [0.4, 0.5) is 0 Å². The molecule has 2 rings (SSSR count). The van der Waals surface area contributed by atoms with Gasteiger partial charge in [0.1, 0.15) is 6.04 Å². The minimum atomic E-state index is -0.771. The number of likely N-dealkylation sites (tertiary alicyclic amines) is 1. The number of nitrogens with zero attached hydrogens (tertiary/aromatic N) is 1. The highest BCUT2D eigenvalue weighted by Crippen LogP contribution is 2.46. The van der Waals surface area contributed by atoms with Gasteiger partial charge >= 0.3 is 5.97 Å². The van der Waals surface area contributed by atoms with Crippen molar-refractivity contribution in [3.63, 3.8) is 0 Å². The highest BCUT2D eigenvalue weighted by Gasteiger charge is 2.59. The Morgan fingerprint density at radius 3 is 2.35 bits per heavy atom. The molecule has 0 spiro atoms. The number of nitrogens with one attached hydrogen (secondary N) is 1. The van der Waals surface area contributed by atoms with E-state index < -0.39 is 35.4 Å². The number of carbonyl (C=O) groups excluding carboxylic acids is 3. The monoisotopic (exact) mass is 436 g/mol. The Kier molecular flexibility index (Phi) is 8.31. The van der Waals surface area contributed by atoms with Crippen molar-refractivity contribution in [1.29, 1.82) is 0 Å². The van der Waals surface area contributed by atoms with Gasteiger partial charge in [-0.25, -0.2) is 0 Å². The van der Waals surface area contributed by atoms with Crippen molar-refractivity contribution >= 4 is 17.8 Å². The molecule has 0 radical (unpaired) electrons. The molecule has 2 amide bonds. The van der Waals surface area contributed by atoms with E-state index >= 15 is 0 Å². The number of fused-ring (bicyclic) bond motifs is 1. The number of aliphatic hydroxyl groups is 1. The molecule has 0 saturated carbocycles. The zero-order valence-electron chi connectivity index (χ0n) is 20.1. The van der Waals surface area contributed by atoms with Crippen LogP contribution in [-0.4, -0.2) is 58.6 Å². The van der Waals surface area contributed by atoms with Crippen molar-refractivity contribution in [2.45, 2.75) is 78.9 Å². The third-order valence-electron chi connectivity index (χ3n) is 6.31. The summed E-state index contributed by atoms with van der Waals surface area (Å²) in [5, 5.41) is 13.1. The lowest BCUT2D eigenvalue weighted by Crippen LogP contribution is -2.56. The van der Waals surface area contributed by atoms with Gasteiger partial charge in [-0.1, -0.05) is 39.3 Å². The maximum atomic E-state index is 13.8. The number of amides is 2. The molecule has 7 nitrogen and oxygen atoms in total. The van der Waals surface area contributed by atoms with Crippen molar-refractivity contribution in [1.82, 2.24) is 10.2 Å². The summed E-state index contributed by atoms with van der Waals surface area (Å²) in [5.74, 6) is -2.75. The molecule has 1 fully saturated rings. The van der Waals surface area contributed by atoms with Crippen molar-refractivity contribution in [2.75, 3.05) is 13.2 Å². The Morgan fingerprint density at radius 1 is 1.23 bits per heavy atom. The normalized spacial score (nSPS) is 29.1. The van der Waals surface area contributed by atoms with Gasteiger partial charge in [0.25, 0.3) is 0 Å². The Hall–Kier alpha value is -1.89. The molecule has 1 saturated heterocycles. The summed E-state index contributed by atoms with van der Waals surface area (Å²) >= 11 is 0. The third kappa shape index (κ3) is 5.30. The van der Waals surface area contributed by atoms with Crippen LogP contribution in [0.15, 0.2) is 12.2 Å². The first-order valence-corrected chi connectivity index (χ1v) is 11.6. The average Bonchev–Trinajstić information content (AvgIpc) is 2.94. The molecule has 1 aliphatic heterocycles. The first-order valence-electron chi connectivity index (χ1n) is 11.6. The summed E-state index contributed by atoms with van der Waals surface area (Å²) in [7, 11) is 0. The lowest BCUT2D eigenvalue weighted by molar-refractivity contribution is -0.156. The zero-order valence-corrected chi connectivity index (χ0v) is 20.1. The van der Waals surface area contributed by atoms with Gasteiger partial charge in [0.05, 0.1) is 31.1 Å². The van der Waals surface area contributed by atoms with Crippen LogP contribution in [0.2, 0.25) is 0 Å². The molecule has 31 heavy (non-hydrogen) atoms. The van der Waals surface area contributed by atoms with Gasteiger partial charge in [-0.05, 0) is 46.0 Å². The van der Waals surface area contributed by atoms with E-state index in [-0.39, 0.29) is 42.8 Å². The van der Waals surface area contributed by atoms with E-state index in [1.165, 1.54) is 0 Å². The van der Waals surface area contributed by atoms with Crippen molar-refractivity contribution < 1.29 is 24.2 Å². The summed E-state index contributed by atoms with van der Waals surface area (Å²) in [6.45, 7) is 13.3. The van der Waals surface area contributed by atoms with Crippen LogP contribution in [0, 0.1) is 29.6 Å². The van der Waals surface area contributed by atoms with Gasteiger partial charge < -0.3 is 20.1 Å². The van der Waals surface area contributed by atoms with Crippen molar-refractivity contribution in [3.8, 4) is 0 Å². The number of hydrogen-bond acceptors (Lipinski definition) is 5. The van der Waals surface area contributed by atoms with Gasteiger partial charge in [0.15, 0.2) is 0 Å². The molecule has 0 aromatic carbocycles. The van der Waals surface area contributed by atoms with Crippen LogP contribution in [0.1, 0.15) is 61.3 Å². The highest BCUT2D eigenvalue weighted by atomic mass is 16.5. The summed E-state index contributed by atoms with van der Waals surface area (Å²) in [6, 6.07) is -1.28. The molecule has 0 aromatic rings. The lowest BCUT2D eigenvalue weighted by atomic mass is 9.68. The van der Waals surface area contributed by atoms with Crippen molar-refractivity contribution in [2.24, 2.45) is 29.6 Å². The van der Waals surface area contributed by atoms with Gasteiger partial charge in [-0.2, -0.15) is 0 Å². The second-order valence-corrected chi connectivity index (χ2v) is 10.1. The molecule has 0 bridgehead atoms. The summed E-state index contributed by atoms with van der Waals surface area (Å²) in [6.07, 6.45) is 5.58. The number of allylic oxidation sites excluding steroid dienone is 1. The van der Waals surface area contributed by atoms with Gasteiger partial charge in [0, 0.05) is 11.5 Å². The molecule has 1 heterocycles. The van der Waals surface area contributed by atoms with E-state index in [1.54, 1.807) is 11.8 Å². The molecule has 176 valence electrons. The molecular formula is C24H40N2O5. The largest absolute Gasteiger partial charge is 0.466 e.